The molecule has 52 valence electrons. The topological polar surface area (TPSA) is 38.7 Å². The molecule has 9 heavy (non-hydrogen) atoms. The van der Waals surface area contributed by atoms with E-state index in [2.05, 4.69) is 0 Å². The molecule has 0 fully saturated rings. The number of methoxy groups -OCH3 is 1. The van der Waals surface area contributed by atoms with E-state index in [1.54, 1.807) is 12.2 Å². The smallest absolute Gasteiger partial charge is 0.187 e. The fourth-order valence-corrected chi connectivity index (χ4v) is 0.742. The molecule has 1 aliphatic heterocycles. The Morgan fingerprint density at radius 3 is 3.00 bits per heavy atom. The Labute approximate surface area is 53.9 Å². The summed E-state index contributed by atoms with van der Waals surface area (Å²) in [5.41, 5.74) is 0. The van der Waals surface area contributed by atoms with E-state index in [1.807, 2.05) is 0 Å². The van der Waals surface area contributed by atoms with Crippen molar-refractivity contribution < 1.29 is 14.6 Å². The molecule has 0 bridgehead atoms. The van der Waals surface area contributed by atoms with Gasteiger partial charge in [-0.05, 0) is 0 Å². The summed E-state index contributed by atoms with van der Waals surface area (Å²) in [6, 6.07) is 0. The van der Waals surface area contributed by atoms with Crippen LogP contribution in [-0.4, -0.2) is 31.2 Å². The molecule has 3 nitrogen and oxygen atoms in total. The molecule has 0 amide bonds. The van der Waals surface area contributed by atoms with Gasteiger partial charge in [-0.15, -0.1) is 0 Å². The summed E-state index contributed by atoms with van der Waals surface area (Å²) in [6.45, 7) is 0.523. The van der Waals surface area contributed by atoms with E-state index in [9.17, 15) is 0 Å². The van der Waals surface area contributed by atoms with Gasteiger partial charge in [0, 0.05) is 7.11 Å². The van der Waals surface area contributed by atoms with Gasteiger partial charge in [0.25, 0.3) is 0 Å². The monoisotopic (exact) mass is 130 g/mol. The van der Waals surface area contributed by atoms with Gasteiger partial charge in [-0.25, -0.2) is 0 Å². The molecular formula is C6H10O3. The molecule has 1 N–H and O–H groups in total. The Balaban J connectivity index is 2.44. The lowest BCUT2D eigenvalue weighted by Gasteiger charge is -2.21. The molecule has 1 rings (SSSR count). The molecule has 0 radical (unpaired) electrons. The maximum absolute atomic E-state index is 9.03. The van der Waals surface area contributed by atoms with Crippen LogP contribution in [0.15, 0.2) is 12.2 Å². The molecule has 0 saturated carbocycles. The van der Waals surface area contributed by atoms with E-state index in [0.717, 1.165) is 0 Å². The van der Waals surface area contributed by atoms with E-state index in [4.69, 9.17) is 14.6 Å². The van der Waals surface area contributed by atoms with Crippen molar-refractivity contribution in [2.45, 2.75) is 12.4 Å². The minimum atomic E-state index is -0.608. The zero-order valence-electron chi connectivity index (χ0n) is 5.28. The molecule has 0 aromatic rings. The van der Waals surface area contributed by atoms with Gasteiger partial charge in [0.05, 0.1) is 6.61 Å². The molecule has 0 aliphatic carbocycles. The lowest BCUT2D eigenvalue weighted by molar-refractivity contribution is -0.166. The first-order valence-electron chi connectivity index (χ1n) is 2.83. The molecule has 0 unspecified atom stereocenters. The van der Waals surface area contributed by atoms with E-state index < -0.39 is 12.4 Å². The first kappa shape index (κ1) is 6.74. The highest BCUT2D eigenvalue weighted by molar-refractivity contribution is 4.94. The van der Waals surface area contributed by atoms with Crippen LogP contribution in [0.4, 0.5) is 0 Å². The number of hydrogen-bond acceptors (Lipinski definition) is 3. The average molecular weight is 130 g/mol. The zero-order valence-corrected chi connectivity index (χ0v) is 5.28. The SMILES string of the molecule is CO[C@H]1OCC=C[C@H]1O. The largest absolute Gasteiger partial charge is 0.384 e. The number of aliphatic hydroxyl groups excluding tert-OH is 1. The predicted octanol–water partition coefficient (Wildman–Crippen LogP) is -0.0938. The van der Waals surface area contributed by atoms with Crippen LogP contribution in [0.5, 0.6) is 0 Å². The number of rotatable bonds is 1. The normalized spacial score (nSPS) is 34.9. The van der Waals surface area contributed by atoms with Crippen molar-refractivity contribution in [2.75, 3.05) is 13.7 Å². The second-order valence-electron chi connectivity index (χ2n) is 1.86. The zero-order chi connectivity index (χ0) is 6.69. The third kappa shape index (κ3) is 1.51. The summed E-state index contributed by atoms with van der Waals surface area (Å²) in [6.07, 6.45) is 2.34. The lowest BCUT2D eigenvalue weighted by atomic mass is 10.3. The van der Waals surface area contributed by atoms with Crippen molar-refractivity contribution >= 4 is 0 Å². The maximum atomic E-state index is 9.03. The Bertz CT molecular complexity index is 111. The molecule has 2 atom stereocenters. The molecule has 0 aromatic heterocycles. The Kier molecular flexibility index (Phi) is 2.22. The molecule has 3 heteroatoms. The summed E-state index contributed by atoms with van der Waals surface area (Å²) in [5.74, 6) is 0. The standard InChI is InChI=1S/C6H10O3/c1-8-6-5(7)3-2-4-9-6/h2-3,5-7H,4H2,1H3/t5-,6+/m1/s1. The van der Waals surface area contributed by atoms with Gasteiger partial charge in [-0.2, -0.15) is 0 Å². The third-order valence-corrected chi connectivity index (χ3v) is 1.20. The summed E-state index contributed by atoms with van der Waals surface area (Å²) in [7, 11) is 1.51. The molecule has 1 heterocycles. The summed E-state index contributed by atoms with van der Waals surface area (Å²) >= 11 is 0. The number of hydrogen-bond donors (Lipinski definition) is 1. The van der Waals surface area contributed by atoms with Gasteiger partial charge in [0.15, 0.2) is 6.29 Å². The van der Waals surface area contributed by atoms with Gasteiger partial charge < -0.3 is 14.6 Å². The van der Waals surface area contributed by atoms with Crippen LogP contribution in [0.25, 0.3) is 0 Å². The van der Waals surface area contributed by atoms with Gasteiger partial charge in [0.1, 0.15) is 6.10 Å². The Morgan fingerprint density at radius 2 is 2.56 bits per heavy atom. The summed E-state index contributed by atoms with van der Waals surface area (Å²) < 4.78 is 9.76. The highest BCUT2D eigenvalue weighted by atomic mass is 16.7. The Morgan fingerprint density at radius 1 is 1.78 bits per heavy atom. The molecule has 0 saturated heterocycles. The number of aliphatic hydroxyl groups is 1. The fraction of sp³-hybridized carbons (Fsp3) is 0.667. The minimum Gasteiger partial charge on any atom is -0.384 e. The minimum absolute atomic E-state index is 0.477. The van der Waals surface area contributed by atoms with Gasteiger partial charge in [0.2, 0.25) is 0 Å². The molecule has 0 aromatic carbocycles. The van der Waals surface area contributed by atoms with Gasteiger partial charge in [-0.1, -0.05) is 12.2 Å². The Hall–Kier alpha value is -0.380. The second kappa shape index (κ2) is 2.96. The molecular weight excluding hydrogens is 120 g/mol. The van der Waals surface area contributed by atoms with E-state index >= 15 is 0 Å². The molecule has 1 aliphatic rings. The summed E-state index contributed by atoms with van der Waals surface area (Å²) in [4.78, 5) is 0. The quantitative estimate of drug-likeness (QED) is 0.504. The van der Waals surface area contributed by atoms with Crippen molar-refractivity contribution in [1.82, 2.24) is 0 Å². The fourth-order valence-electron chi connectivity index (χ4n) is 0.742. The van der Waals surface area contributed by atoms with Crippen molar-refractivity contribution in [2.24, 2.45) is 0 Å². The molecule has 0 spiro atoms. The van der Waals surface area contributed by atoms with E-state index in [1.165, 1.54) is 7.11 Å². The lowest BCUT2D eigenvalue weighted by Crippen LogP contribution is -2.31. The van der Waals surface area contributed by atoms with Crippen molar-refractivity contribution in [3.8, 4) is 0 Å². The van der Waals surface area contributed by atoms with Crippen LogP contribution in [0, 0.1) is 0 Å². The first-order chi connectivity index (χ1) is 4.34. The predicted molar refractivity (Wildman–Crippen MR) is 31.9 cm³/mol. The second-order valence-corrected chi connectivity index (χ2v) is 1.86. The highest BCUT2D eigenvalue weighted by Crippen LogP contribution is 2.06. The highest BCUT2D eigenvalue weighted by Gasteiger charge is 2.18. The van der Waals surface area contributed by atoms with E-state index in [0.29, 0.717) is 6.61 Å². The van der Waals surface area contributed by atoms with Gasteiger partial charge >= 0.3 is 0 Å². The van der Waals surface area contributed by atoms with Crippen LogP contribution >= 0.6 is 0 Å². The van der Waals surface area contributed by atoms with Crippen LogP contribution in [0.1, 0.15) is 0 Å². The summed E-state index contributed by atoms with van der Waals surface area (Å²) in [5, 5.41) is 9.03. The maximum Gasteiger partial charge on any atom is 0.187 e. The van der Waals surface area contributed by atoms with Crippen molar-refractivity contribution in [3.05, 3.63) is 12.2 Å². The van der Waals surface area contributed by atoms with Crippen LogP contribution in [0.3, 0.4) is 0 Å². The number of ether oxygens (including phenoxy) is 2. The average Bonchev–Trinajstić information content (AvgIpc) is 1.89. The van der Waals surface area contributed by atoms with Crippen molar-refractivity contribution in [1.29, 1.82) is 0 Å². The third-order valence-electron chi connectivity index (χ3n) is 1.20. The van der Waals surface area contributed by atoms with Gasteiger partial charge in [-0.3, -0.25) is 0 Å². The van der Waals surface area contributed by atoms with Crippen molar-refractivity contribution in [3.63, 3.8) is 0 Å². The van der Waals surface area contributed by atoms with Crippen LogP contribution in [-0.2, 0) is 9.47 Å². The van der Waals surface area contributed by atoms with Crippen LogP contribution < -0.4 is 0 Å². The van der Waals surface area contributed by atoms with E-state index in [-0.39, 0.29) is 0 Å². The van der Waals surface area contributed by atoms with Crippen LogP contribution in [0.2, 0.25) is 0 Å². The first-order valence-corrected chi connectivity index (χ1v) is 2.83.